The maximum atomic E-state index is 8.54. The Hall–Kier alpha value is -0.580. The Morgan fingerprint density at radius 1 is 1.27 bits per heavy atom. The maximum Gasteiger partial charge on any atom is 0.133 e. The number of hydrogen-bond acceptors (Lipinski definition) is 3. The Bertz CT molecular complexity index is 281. The molecule has 0 fully saturated rings. The van der Waals surface area contributed by atoms with Gasteiger partial charge >= 0.3 is 0 Å². The van der Waals surface area contributed by atoms with Crippen LogP contribution in [0.3, 0.4) is 0 Å². The molecule has 4 heteroatoms. The van der Waals surface area contributed by atoms with Crippen LogP contribution in [0.4, 0.5) is 0 Å². The molecule has 1 aromatic rings. The second-order valence-corrected chi connectivity index (χ2v) is 3.96. The van der Waals surface area contributed by atoms with E-state index in [0.29, 0.717) is 13.2 Å². The molecule has 0 atom stereocenters. The molecule has 0 aliphatic carbocycles. The Labute approximate surface area is 98.6 Å². The van der Waals surface area contributed by atoms with E-state index in [1.165, 1.54) is 0 Å². The molecule has 0 radical (unpaired) electrons. The first-order chi connectivity index (χ1) is 7.34. The number of halogens is 1. The molecular formula is C11H16BrNO2. The van der Waals surface area contributed by atoms with Crippen molar-refractivity contribution in [3.05, 3.63) is 28.7 Å². The van der Waals surface area contributed by atoms with Crippen LogP contribution in [0.1, 0.15) is 6.42 Å². The molecular weight excluding hydrogens is 258 g/mol. The summed E-state index contributed by atoms with van der Waals surface area (Å²) in [7, 11) is 0. The average molecular weight is 274 g/mol. The lowest BCUT2D eigenvalue weighted by atomic mass is 10.3. The Morgan fingerprint density at radius 2 is 2.07 bits per heavy atom. The Balaban J connectivity index is 2.12. The van der Waals surface area contributed by atoms with Crippen molar-refractivity contribution < 1.29 is 9.84 Å². The van der Waals surface area contributed by atoms with Gasteiger partial charge in [-0.25, -0.2) is 0 Å². The van der Waals surface area contributed by atoms with Crippen LogP contribution in [-0.4, -0.2) is 31.4 Å². The van der Waals surface area contributed by atoms with Crippen LogP contribution in [0, 0.1) is 0 Å². The number of rotatable bonds is 7. The van der Waals surface area contributed by atoms with Gasteiger partial charge in [-0.2, -0.15) is 0 Å². The van der Waals surface area contributed by atoms with E-state index in [0.717, 1.165) is 23.2 Å². The number of aliphatic hydroxyl groups is 1. The normalized spacial score (nSPS) is 10.3. The molecule has 0 saturated heterocycles. The molecule has 84 valence electrons. The molecule has 0 amide bonds. The molecule has 0 aromatic heterocycles. The molecule has 1 rings (SSSR count). The van der Waals surface area contributed by atoms with E-state index in [-0.39, 0.29) is 6.61 Å². The first kappa shape index (κ1) is 12.5. The first-order valence-corrected chi connectivity index (χ1v) is 5.83. The van der Waals surface area contributed by atoms with E-state index in [1.54, 1.807) is 0 Å². The molecule has 0 aliphatic rings. The van der Waals surface area contributed by atoms with E-state index < -0.39 is 0 Å². The van der Waals surface area contributed by atoms with E-state index in [9.17, 15) is 0 Å². The van der Waals surface area contributed by atoms with Crippen LogP contribution >= 0.6 is 15.9 Å². The Kier molecular flexibility index (Phi) is 6.39. The molecule has 0 heterocycles. The Morgan fingerprint density at radius 3 is 2.80 bits per heavy atom. The molecule has 0 saturated carbocycles. The summed E-state index contributed by atoms with van der Waals surface area (Å²) in [5.41, 5.74) is 0. The fourth-order valence-corrected chi connectivity index (χ4v) is 1.54. The number of aliphatic hydroxyl groups excluding tert-OH is 1. The molecule has 1 aromatic carbocycles. The van der Waals surface area contributed by atoms with E-state index >= 15 is 0 Å². The van der Waals surface area contributed by atoms with Crippen molar-refractivity contribution in [2.75, 3.05) is 26.3 Å². The van der Waals surface area contributed by atoms with Gasteiger partial charge < -0.3 is 15.2 Å². The number of hydrogen-bond donors (Lipinski definition) is 2. The van der Waals surface area contributed by atoms with Crippen LogP contribution in [-0.2, 0) is 0 Å². The van der Waals surface area contributed by atoms with E-state index in [1.807, 2.05) is 24.3 Å². The van der Waals surface area contributed by atoms with Crippen molar-refractivity contribution in [2.45, 2.75) is 6.42 Å². The predicted octanol–water partition coefficient (Wildman–Crippen LogP) is 1.80. The van der Waals surface area contributed by atoms with Crippen molar-refractivity contribution >= 4 is 15.9 Å². The van der Waals surface area contributed by atoms with Crippen molar-refractivity contribution in [1.29, 1.82) is 0 Å². The molecule has 0 spiro atoms. The molecule has 15 heavy (non-hydrogen) atoms. The van der Waals surface area contributed by atoms with E-state index in [2.05, 4.69) is 21.2 Å². The quantitative estimate of drug-likeness (QED) is 0.745. The number of ether oxygens (including phenoxy) is 1. The van der Waals surface area contributed by atoms with Crippen molar-refractivity contribution in [3.63, 3.8) is 0 Å². The number of benzene rings is 1. The summed E-state index contributed by atoms with van der Waals surface area (Å²) < 4.78 is 6.55. The highest BCUT2D eigenvalue weighted by atomic mass is 79.9. The van der Waals surface area contributed by atoms with Crippen LogP contribution in [0.25, 0.3) is 0 Å². The highest BCUT2D eigenvalue weighted by Crippen LogP contribution is 2.23. The molecule has 2 N–H and O–H groups in total. The van der Waals surface area contributed by atoms with Crippen LogP contribution in [0.5, 0.6) is 5.75 Å². The summed E-state index contributed by atoms with van der Waals surface area (Å²) in [6.45, 7) is 2.38. The fourth-order valence-electron chi connectivity index (χ4n) is 1.15. The monoisotopic (exact) mass is 273 g/mol. The van der Waals surface area contributed by atoms with Gasteiger partial charge in [0, 0.05) is 6.54 Å². The van der Waals surface area contributed by atoms with Gasteiger partial charge in [0.2, 0.25) is 0 Å². The molecule has 0 aliphatic heterocycles. The van der Waals surface area contributed by atoms with Gasteiger partial charge in [0.15, 0.2) is 0 Å². The largest absolute Gasteiger partial charge is 0.492 e. The lowest BCUT2D eigenvalue weighted by molar-refractivity contribution is 0.281. The molecule has 3 nitrogen and oxygen atoms in total. The van der Waals surface area contributed by atoms with Gasteiger partial charge in [0.25, 0.3) is 0 Å². The topological polar surface area (TPSA) is 41.5 Å². The van der Waals surface area contributed by atoms with Crippen molar-refractivity contribution in [2.24, 2.45) is 0 Å². The summed E-state index contributed by atoms with van der Waals surface area (Å²) in [5, 5.41) is 11.6. The predicted molar refractivity (Wildman–Crippen MR) is 64.2 cm³/mol. The zero-order valence-corrected chi connectivity index (χ0v) is 10.2. The zero-order chi connectivity index (χ0) is 10.9. The highest BCUT2D eigenvalue weighted by Gasteiger charge is 1.97. The highest BCUT2D eigenvalue weighted by molar-refractivity contribution is 9.10. The third-order valence-corrected chi connectivity index (χ3v) is 2.54. The van der Waals surface area contributed by atoms with E-state index in [4.69, 9.17) is 9.84 Å². The second-order valence-electron chi connectivity index (χ2n) is 3.11. The maximum absolute atomic E-state index is 8.54. The summed E-state index contributed by atoms with van der Waals surface area (Å²) in [5.74, 6) is 0.875. The molecule has 0 unspecified atom stereocenters. The minimum atomic E-state index is 0.186. The SMILES string of the molecule is OCCNCCCOc1ccccc1Br. The summed E-state index contributed by atoms with van der Waals surface area (Å²) >= 11 is 3.42. The minimum Gasteiger partial charge on any atom is -0.492 e. The van der Waals surface area contributed by atoms with Gasteiger partial charge in [-0.1, -0.05) is 12.1 Å². The van der Waals surface area contributed by atoms with Crippen LogP contribution in [0.2, 0.25) is 0 Å². The second kappa shape index (κ2) is 7.68. The number of nitrogens with one attached hydrogen (secondary N) is 1. The zero-order valence-electron chi connectivity index (χ0n) is 8.58. The first-order valence-electron chi connectivity index (χ1n) is 5.03. The van der Waals surface area contributed by atoms with Crippen molar-refractivity contribution in [1.82, 2.24) is 5.32 Å². The van der Waals surface area contributed by atoms with Gasteiger partial charge in [-0.3, -0.25) is 0 Å². The fraction of sp³-hybridized carbons (Fsp3) is 0.455. The molecule has 0 bridgehead atoms. The van der Waals surface area contributed by atoms with Gasteiger partial charge in [0.1, 0.15) is 5.75 Å². The summed E-state index contributed by atoms with van der Waals surface area (Å²) in [4.78, 5) is 0. The average Bonchev–Trinajstić information content (AvgIpc) is 2.25. The van der Waals surface area contributed by atoms with Crippen LogP contribution in [0.15, 0.2) is 28.7 Å². The smallest absolute Gasteiger partial charge is 0.133 e. The lowest BCUT2D eigenvalue weighted by Crippen LogP contribution is -2.20. The van der Waals surface area contributed by atoms with Crippen LogP contribution < -0.4 is 10.1 Å². The van der Waals surface area contributed by atoms with Gasteiger partial charge in [-0.05, 0) is 41.0 Å². The number of para-hydroxylation sites is 1. The third kappa shape index (κ3) is 5.16. The summed E-state index contributed by atoms with van der Waals surface area (Å²) in [6, 6.07) is 7.80. The lowest BCUT2D eigenvalue weighted by Gasteiger charge is -2.07. The van der Waals surface area contributed by atoms with Gasteiger partial charge in [0.05, 0.1) is 17.7 Å². The standard InChI is InChI=1S/C11H16BrNO2/c12-10-4-1-2-5-11(10)15-9-3-6-13-7-8-14/h1-2,4-5,13-14H,3,6-9H2. The van der Waals surface area contributed by atoms with Crippen molar-refractivity contribution in [3.8, 4) is 5.75 Å². The van der Waals surface area contributed by atoms with Gasteiger partial charge in [-0.15, -0.1) is 0 Å². The summed E-state index contributed by atoms with van der Waals surface area (Å²) in [6.07, 6.45) is 0.932. The third-order valence-electron chi connectivity index (χ3n) is 1.88. The minimum absolute atomic E-state index is 0.186.